The maximum Gasteiger partial charge on any atom is 0.253 e. The topological polar surface area (TPSA) is 80.0 Å². The van der Waals surface area contributed by atoms with E-state index in [0.717, 1.165) is 11.5 Å². The molecule has 0 bridgehead atoms. The molecule has 0 aliphatic carbocycles. The van der Waals surface area contributed by atoms with Crippen LogP contribution in [-0.4, -0.2) is 22.9 Å². The average Bonchev–Trinajstić information content (AvgIpc) is 2.75. The van der Waals surface area contributed by atoms with Crippen molar-refractivity contribution >= 4 is 23.3 Å². The molecule has 2 N–H and O–H groups in total. The molecule has 0 aliphatic heterocycles. The van der Waals surface area contributed by atoms with Crippen LogP contribution in [0.1, 0.15) is 27.7 Å². The highest BCUT2D eigenvalue weighted by Crippen LogP contribution is 2.19. The minimum atomic E-state index is -0.282. The van der Waals surface area contributed by atoms with Crippen LogP contribution in [-0.2, 0) is 6.54 Å². The number of nitrogens with one attached hydrogen (secondary N) is 2. The number of amides is 1. The van der Waals surface area contributed by atoms with E-state index in [2.05, 4.69) is 20.6 Å². The van der Waals surface area contributed by atoms with Crippen molar-refractivity contribution in [3.63, 3.8) is 0 Å². The molecule has 0 radical (unpaired) electrons. The first-order valence-corrected chi connectivity index (χ1v) is 6.43. The van der Waals surface area contributed by atoms with Crippen molar-refractivity contribution in [1.82, 2.24) is 15.3 Å². The summed E-state index contributed by atoms with van der Waals surface area (Å²) in [7, 11) is 1.71. The normalized spacial score (nSPS) is 10.4. The highest BCUT2D eigenvalue weighted by molar-refractivity contribution is 6.33. The van der Waals surface area contributed by atoms with E-state index < -0.39 is 0 Å². The number of hydrogen-bond acceptors (Lipinski definition) is 5. The maximum absolute atomic E-state index is 12.0. The number of nitrogens with zero attached hydrogens (tertiary/aromatic N) is 2. The van der Waals surface area contributed by atoms with E-state index >= 15 is 0 Å². The maximum atomic E-state index is 12.0. The molecule has 0 fully saturated rings. The Kier molecular flexibility index (Phi) is 4.24. The Morgan fingerprint density at radius 1 is 1.45 bits per heavy atom. The molecule has 20 heavy (non-hydrogen) atoms. The minimum Gasteiger partial charge on any atom is -0.444 e. The van der Waals surface area contributed by atoms with Gasteiger partial charge in [-0.05, 0) is 19.9 Å². The standard InChI is InChI=1S/C13H15ClN4O2/c1-7-8(2)20-11(18-7)6-17-13(19)9-4-10(14)12(15-3)16-5-9/h4-5H,6H2,1-3H3,(H,15,16)(H,17,19). The van der Waals surface area contributed by atoms with Gasteiger partial charge in [0, 0.05) is 13.2 Å². The van der Waals surface area contributed by atoms with Crippen molar-refractivity contribution in [3.05, 3.63) is 40.2 Å². The second-order valence-electron chi connectivity index (χ2n) is 4.24. The van der Waals surface area contributed by atoms with Gasteiger partial charge in [0.1, 0.15) is 11.6 Å². The number of anilines is 1. The average molecular weight is 295 g/mol. The van der Waals surface area contributed by atoms with Crippen molar-refractivity contribution in [3.8, 4) is 0 Å². The number of halogens is 1. The van der Waals surface area contributed by atoms with Gasteiger partial charge >= 0.3 is 0 Å². The minimum absolute atomic E-state index is 0.221. The largest absolute Gasteiger partial charge is 0.444 e. The lowest BCUT2D eigenvalue weighted by molar-refractivity contribution is 0.0947. The predicted molar refractivity (Wildman–Crippen MR) is 75.9 cm³/mol. The Hall–Kier alpha value is -2.08. The van der Waals surface area contributed by atoms with E-state index in [-0.39, 0.29) is 12.5 Å². The highest BCUT2D eigenvalue weighted by atomic mass is 35.5. The number of aryl methyl sites for hydroxylation is 2. The van der Waals surface area contributed by atoms with Gasteiger partial charge in [0.15, 0.2) is 0 Å². The lowest BCUT2D eigenvalue weighted by atomic mass is 10.2. The Labute approximate surface area is 121 Å². The van der Waals surface area contributed by atoms with Crippen LogP contribution in [0, 0.1) is 13.8 Å². The fourth-order valence-corrected chi connectivity index (χ4v) is 1.88. The number of pyridine rings is 1. The molecule has 7 heteroatoms. The first kappa shape index (κ1) is 14.3. The summed E-state index contributed by atoms with van der Waals surface area (Å²) in [6, 6.07) is 1.56. The number of rotatable bonds is 4. The molecule has 0 aromatic carbocycles. The van der Waals surface area contributed by atoms with Gasteiger partial charge in [-0.1, -0.05) is 11.6 Å². The van der Waals surface area contributed by atoms with Crippen LogP contribution in [0.5, 0.6) is 0 Å². The summed E-state index contributed by atoms with van der Waals surface area (Å²) < 4.78 is 5.38. The summed E-state index contributed by atoms with van der Waals surface area (Å²) in [5.74, 6) is 1.47. The van der Waals surface area contributed by atoms with E-state index in [1.807, 2.05) is 13.8 Å². The predicted octanol–water partition coefficient (Wildman–Crippen LogP) is 2.31. The summed E-state index contributed by atoms with van der Waals surface area (Å²) >= 11 is 5.98. The molecule has 0 spiro atoms. The zero-order chi connectivity index (χ0) is 14.7. The molecule has 2 aromatic heterocycles. The van der Waals surface area contributed by atoms with Gasteiger partial charge in [0.25, 0.3) is 5.91 Å². The first-order chi connectivity index (χ1) is 9.51. The summed E-state index contributed by atoms with van der Waals surface area (Å²) in [4.78, 5) is 20.2. The van der Waals surface area contributed by atoms with Crippen LogP contribution in [0.25, 0.3) is 0 Å². The number of oxazole rings is 1. The fraction of sp³-hybridized carbons (Fsp3) is 0.308. The molecule has 2 rings (SSSR count). The van der Waals surface area contributed by atoms with Crippen LogP contribution in [0.2, 0.25) is 5.02 Å². The molecule has 1 amide bonds. The molecule has 0 aliphatic rings. The Bertz CT molecular complexity index is 620. The quantitative estimate of drug-likeness (QED) is 0.904. The molecule has 106 valence electrons. The van der Waals surface area contributed by atoms with E-state index in [1.54, 1.807) is 13.1 Å². The second kappa shape index (κ2) is 5.92. The van der Waals surface area contributed by atoms with E-state index in [0.29, 0.717) is 22.3 Å². The van der Waals surface area contributed by atoms with Crippen molar-refractivity contribution < 1.29 is 9.21 Å². The Morgan fingerprint density at radius 2 is 2.20 bits per heavy atom. The lowest BCUT2D eigenvalue weighted by Gasteiger charge is -2.05. The van der Waals surface area contributed by atoms with Gasteiger partial charge in [-0.2, -0.15) is 0 Å². The summed E-state index contributed by atoms with van der Waals surface area (Å²) in [5.41, 5.74) is 1.20. The molecular formula is C13H15ClN4O2. The van der Waals surface area contributed by atoms with E-state index in [4.69, 9.17) is 16.0 Å². The molecule has 2 heterocycles. The third-order valence-corrected chi connectivity index (χ3v) is 3.10. The SMILES string of the molecule is CNc1ncc(C(=O)NCc2nc(C)c(C)o2)cc1Cl. The molecule has 0 unspecified atom stereocenters. The number of aromatic nitrogens is 2. The third-order valence-electron chi connectivity index (χ3n) is 2.81. The molecular weight excluding hydrogens is 280 g/mol. The lowest BCUT2D eigenvalue weighted by Crippen LogP contribution is -2.23. The van der Waals surface area contributed by atoms with Crippen molar-refractivity contribution in [2.45, 2.75) is 20.4 Å². The van der Waals surface area contributed by atoms with Crippen LogP contribution in [0.4, 0.5) is 5.82 Å². The summed E-state index contributed by atoms with van der Waals surface area (Å²) in [6.45, 7) is 3.90. The van der Waals surface area contributed by atoms with Gasteiger partial charge in [-0.3, -0.25) is 4.79 Å². The van der Waals surface area contributed by atoms with Crippen LogP contribution < -0.4 is 10.6 Å². The number of carbonyl (C=O) groups excluding carboxylic acids is 1. The van der Waals surface area contributed by atoms with Crippen LogP contribution in [0.15, 0.2) is 16.7 Å². The van der Waals surface area contributed by atoms with E-state index in [1.165, 1.54) is 6.20 Å². The first-order valence-electron chi connectivity index (χ1n) is 6.05. The van der Waals surface area contributed by atoms with Crippen molar-refractivity contribution in [2.24, 2.45) is 0 Å². The molecule has 0 atom stereocenters. The smallest absolute Gasteiger partial charge is 0.253 e. The van der Waals surface area contributed by atoms with Gasteiger partial charge in [0.05, 0.1) is 22.8 Å². The van der Waals surface area contributed by atoms with Crippen molar-refractivity contribution in [2.75, 3.05) is 12.4 Å². The zero-order valence-corrected chi connectivity index (χ0v) is 12.2. The third kappa shape index (κ3) is 3.08. The van der Waals surface area contributed by atoms with Gasteiger partial charge in [-0.15, -0.1) is 0 Å². The number of hydrogen-bond donors (Lipinski definition) is 2. The summed E-state index contributed by atoms with van der Waals surface area (Å²) in [5, 5.41) is 5.93. The molecule has 2 aromatic rings. The summed E-state index contributed by atoms with van der Waals surface area (Å²) in [6.07, 6.45) is 1.46. The Balaban J connectivity index is 2.03. The monoisotopic (exact) mass is 294 g/mol. The van der Waals surface area contributed by atoms with Crippen LogP contribution in [0.3, 0.4) is 0 Å². The van der Waals surface area contributed by atoms with Gasteiger partial charge in [0.2, 0.25) is 5.89 Å². The second-order valence-corrected chi connectivity index (χ2v) is 4.64. The molecule has 0 saturated carbocycles. The fourth-order valence-electron chi connectivity index (χ4n) is 1.62. The Morgan fingerprint density at radius 3 is 2.75 bits per heavy atom. The van der Waals surface area contributed by atoms with E-state index in [9.17, 15) is 4.79 Å². The molecule has 0 saturated heterocycles. The number of carbonyl (C=O) groups is 1. The van der Waals surface area contributed by atoms with Gasteiger partial charge < -0.3 is 15.1 Å². The van der Waals surface area contributed by atoms with Gasteiger partial charge in [-0.25, -0.2) is 9.97 Å². The van der Waals surface area contributed by atoms with Crippen molar-refractivity contribution in [1.29, 1.82) is 0 Å². The molecule has 6 nitrogen and oxygen atoms in total. The zero-order valence-electron chi connectivity index (χ0n) is 11.5. The van der Waals surface area contributed by atoms with Crippen LogP contribution >= 0.6 is 11.6 Å². The highest BCUT2D eigenvalue weighted by Gasteiger charge is 2.11.